The Balaban J connectivity index is 1.50. The molecule has 0 spiro atoms. The zero-order chi connectivity index (χ0) is 22.8. The van der Waals surface area contributed by atoms with Crippen molar-refractivity contribution < 1.29 is 4.79 Å². The van der Waals surface area contributed by atoms with Gasteiger partial charge < -0.3 is 16.0 Å². The van der Waals surface area contributed by atoms with E-state index < -0.39 is 0 Å². The van der Waals surface area contributed by atoms with Crippen molar-refractivity contribution in [3.8, 4) is 0 Å². The maximum absolute atomic E-state index is 13.0. The van der Waals surface area contributed by atoms with Crippen molar-refractivity contribution in [2.24, 2.45) is 5.92 Å². The third-order valence-corrected chi connectivity index (χ3v) is 6.13. The SMILES string of the molecule is O=C(Nc1ccc(Cl)cc1)c1cc2cc(c1)Nc1nc(ncc1Cl)NC1=CC=CC(CC2)C1. The molecule has 1 aliphatic heterocycles. The van der Waals surface area contributed by atoms with Crippen LogP contribution in [0.1, 0.15) is 28.8 Å². The Hall–Kier alpha value is -3.35. The number of hydrogen-bond donors (Lipinski definition) is 3. The van der Waals surface area contributed by atoms with E-state index in [1.807, 2.05) is 18.2 Å². The quantitative estimate of drug-likeness (QED) is 0.387. The van der Waals surface area contributed by atoms with Crippen LogP contribution in [-0.4, -0.2) is 15.9 Å². The fourth-order valence-corrected chi connectivity index (χ4v) is 4.23. The summed E-state index contributed by atoms with van der Waals surface area (Å²) in [6.07, 6.45) is 10.5. The van der Waals surface area contributed by atoms with Crippen molar-refractivity contribution >= 4 is 52.3 Å². The van der Waals surface area contributed by atoms with Crippen molar-refractivity contribution in [1.29, 1.82) is 0 Å². The van der Waals surface area contributed by atoms with Gasteiger partial charge >= 0.3 is 0 Å². The first kappa shape index (κ1) is 21.5. The first-order chi connectivity index (χ1) is 16.0. The minimum absolute atomic E-state index is 0.203. The summed E-state index contributed by atoms with van der Waals surface area (Å²) in [5.74, 6) is 1.12. The highest BCUT2D eigenvalue weighted by Gasteiger charge is 2.17. The number of carbonyl (C=O) groups excluding carboxylic acids is 1. The summed E-state index contributed by atoms with van der Waals surface area (Å²) in [5, 5.41) is 10.5. The third kappa shape index (κ3) is 5.18. The van der Waals surface area contributed by atoms with Crippen LogP contribution in [0.5, 0.6) is 0 Å². The average molecular weight is 478 g/mol. The summed E-state index contributed by atoms with van der Waals surface area (Å²) in [7, 11) is 0. The summed E-state index contributed by atoms with van der Waals surface area (Å²) in [4.78, 5) is 21.9. The van der Waals surface area contributed by atoms with E-state index in [4.69, 9.17) is 23.2 Å². The first-order valence-corrected chi connectivity index (χ1v) is 11.4. The largest absolute Gasteiger partial charge is 0.339 e. The molecule has 2 heterocycles. The van der Waals surface area contributed by atoms with Gasteiger partial charge in [-0.3, -0.25) is 4.79 Å². The summed E-state index contributed by atoms with van der Waals surface area (Å²) in [5.41, 5.74) is 4.07. The van der Waals surface area contributed by atoms with Crippen LogP contribution >= 0.6 is 23.2 Å². The highest BCUT2D eigenvalue weighted by Crippen LogP contribution is 2.30. The van der Waals surface area contributed by atoms with Gasteiger partial charge in [0.15, 0.2) is 5.82 Å². The fourth-order valence-electron chi connectivity index (χ4n) is 3.96. The molecule has 1 aliphatic carbocycles. The monoisotopic (exact) mass is 477 g/mol. The molecule has 1 aromatic heterocycles. The van der Waals surface area contributed by atoms with Gasteiger partial charge in [-0.25, -0.2) is 4.98 Å². The van der Waals surface area contributed by atoms with E-state index in [2.05, 4.69) is 38.1 Å². The lowest BCUT2D eigenvalue weighted by Gasteiger charge is -2.19. The van der Waals surface area contributed by atoms with E-state index in [9.17, 15) is 4.79 Å². The second kappa shape index (κ2) is 9.25. The second-order valence-electron chi connectivity index (χ2n) is 8.10. The number of fused-ring (bicyclic) bond motifs is 6. The lowest BCUT2D eigenvalue weighted by Crippen LogP contribution is -2.13. The number of carbonyl (C=O) groups is 1. The van der Waals surface area contributed by atoms with Crippen molar-refractivity contribution in [2.75, 3.05) is 16.0 Å². The number of amides is 1. The average Bonchev–Trinajstić information content (AvgIpc) is 2.81. The minimum atomic E-state index is -0.203. The Kier molecular flexibility index (Phi) is 6.03. The Morgan fingerprint density at radius 3 is 2.79 bits per heavy atom. The number of halogens is 2. The number of aromatic nitrogens is 2. The molecule has 2 aromatic carbocycles. The van der Waals surface area contributed by atoms with E-state index in [1.54, 1.807) is 36.5 Å². The Morgan fingerprint density at radius 1 is 1.09 bits per heavy atom. The predicted octanol–water partition coefficient (Wildman–Crippen LogP) is 6.60. The van der Waals surface area contributed by atoms with Gasteiger partial charge in [0.05, 0.1) is 6.20 Å². The molecule has 33 heavy (non-hydrogen) atoms. The molecular formula is C25H21Cl2N5O. The van der Waals surface area contributed by atoms with E-state index in [-0.39, 0.29) is 5.91 Å². The first-order valence-electron chi connectivity index (χ1n) is 10.7. The summed E-state index contributed by atoms with van der Waals surface area (Å²) in [6.45, 7) is 0. The van der Waals surface area contributed by atoms with Crippen LogP contribution < -0.4 is 16.0 Å². The molecule has 0 saturated carbocycles. The maximum atomic E-state index is 13.0. The molecule has 2 aliphatic rings. The predicted molar refractivity (Wildman–Crippen MR) is 133 cm³/mol. The van der Waals surface area contributed by atoms with Gasteiger partial charge in [-0.2, -0.15) is 4.98 Å². The van der Waals surface area contributed by atoms with E-state index in [1.165, 1.54) is 0 Å². The van der Waals surface area contributed by atoms with Crippen LogP contribution in [0.2, 0.25) is 10.0 Å². The smallest absolute Gasteiger partial charge is 0.255 e. The molecule has 6 nitrogen and oxygen atoms in total. The normalized spacial score (nSPS) is 16.8. The zero-order valence-corrected chi connectivity index (χ0v) is 19.1. The maximum Gasteiger partial charge on any atom is 0.255 e. The Bertz CT molecular complexity index is 1270. The van der Waals surface area contributed by atoms with Crippen molar-refractivity contribution in [2.45, 2.75) is 19.3 Å². The standard InChI is InChI=1S/C25H21Cl2N5O/c26-18-6-8-19(9-7-18)30-24(33)17-10-16-5-4-15-2-1-3-20(11-15)31-25-28-14-22(27)23(32-25)29-21(12-16)13-17/h1-3,6-10,12-15H,4-5,11H2,(H,30,33)(H2,28,29,31,32). The number of benzene rings is 2. The molecule has 5 rings (SSSR count). The van der Waals surface area contributed by atoms with Crippen LogP contribution in [0.3, 0.4) is 0 Å². The minimum Gasteiger partial charge on any atom is -0.339 e. The molecular weight excluding hydrogens is 457 g/mol. The van der Waals surface area contributed by atoms with Crippen LogP contribution in [0.4, 0.5) is 23.1 Å². The number of allylic oxidation sites excluding steroid dienone is 4. The van der Waals surface area contributed by atoms with Gasteiger partial charge in [-0.05, 0) is 79.3 Å². The highest BCUT2D eigenvalue weighted by atomic mass is 35.5. The molecule has 6 bridgehead atoms. The topological polar surface area (TPSA) is 78.9 Å². The highest BCUT2D eigenvalue weighted by molar-refractivity contribution is 6.33. The number of nitrogens with zero attached hydrogens (tertiary/aromatic N) is 2. The second-order valence-corrected chi connectivity index (χ2v) is 8.94. The molecule has 1 amide bonds. The van der Waals surface area contributed by atoms with Gasteiger partial charge in [0, 0.05) is 27.7 Å². The van der Waals surface area contributed by atoms with Crippen LogP contribution in [0.15, 0.2) is 72.6 Å². The van der Waals surface area contributed by atoms with E-state index in [0.29, 0.717) is 39.0 Å². The Labute approximate surface area is 201 Å². The van der Waals surface area contributed by atoms with Crippen LogP contribution in [-0.2, 0) is 6.42 Å². The van der Waals surface area contributed by atoms with Crippen LogP contribution in [0.25, 0.3) is 0 Å². The summed E-state index contributed by atoms with van der Waals surface area (Å²) >= 11 is 12.3. The van der Waals surface area contributed by atoms with Gasteiger partial charge in [0.2, 0.25) is 5.95 Å². The summed E-state index contributed by atoms with van der Waals surface area (Å²) < 4.78 is 0. The van der Waals surface area contributed by atoms with Crippen molar-refractivity contribution in [3.63, 3.8) is 0 Å². The molecule has 0 saturated heterocycles. The zero-order valence-electron chi connectivity index (χ0n) is 17.6. The van der Waals surface area contributed by atoms with Crippen LogP contribution in [0, 0.1) is 5.92 Å². The van der Waals surface area contributed by atoms with E-state index >= 15 is 0 Å². The van der Waals surface area contributed by atoms with Gasteiger partial charge in [-0.1, -0.05) is 35.4 Å². The molecule has 0 radical (unpaired) electrons. The van der Waals surface area contributed by atoms with Gasteiger partial charge in [-0.15, -0.1) is 0 Å². The molecule has 166 valence electrons. The Morgan fingerprint density at radius 2 is 1.94 bits per heavy atom. The number of aryl methyl sites for hydroxylation is 1. The van der Waals surface area contributed by atoms with E-state index in [0.717, 1.165) is 36.2 Å². The number of hydrogen-bond acceptors (Lipinski definition) is 5. The fraction of sp³-hybridized carbons (Fsp3) is 0.160. The molecule has 1 atom stereocenters. The summed E-state index contributed by atoms with van der Waals surface area (Å²) in [6, 6.07) is 12.8. The lowest BCUT2D eigenvalue weighted by atomic mass is 9.91. The lowest BCUT2D eigenvalue weighted by molar-refractivity contribution is 0.102. The van der Waals surface area contributed by atoms with Crippen molar-refractivity contribution in [1.82, 2.24) is 9.97 Å². The van der Waals surface area contributed by atoms with Gasteiger partial charge in [0.1, 0.15) is 5.02 Å². The van der Waals surface area contributed by atoms with Crippen molar-refractivity contribution in [3.05, 3.63) is 93.8 Å². The number of rotatable bonds is 2. The molecule has 0 fully saturated rings. The molecule has 3 N–H and O–H groups in total. The molecule has 3 aromatic rings. The number of nitrogens with one attached hydrogen (secondary N) is 3. The van der Waals surface area contributed by atoms with Gasteiger partial charge in [0.25, 0.3) is 5.91 Å². The molecule has 1 unspecified atom stereocenters. The number of anilines is 4. The third-order valence-electron chi connectivity index (χ3n) is 5.60. The molecule has 8 heteroatoms.